The van der Waals surface area contributed by atoms with E-state index in [1.54, 1.807) is 11.3 Å². The number of thiophene rings is 1. The van der Waals surface area contributed by atoms with Gasteiger partial charge in [-0.05, 0) is 48.6 Å². The number of amides is 1. The number of benzene rings is 2. The van der Waals surface area contributed by atoms with Crippen LogP contribution in [0.4, 0.5) is 5.82 Å². The molecule has 2 aromatic carbocycles. The second-order valence-electron chi connectivity index (χ2n) is 8.01. The Balaban J connectivity index is 1.41. The summed E-state index contributed by atoms with van der Waals surface area (Å²) in [7, 11) is 0. The molecule has 5 aromatic rings. The summed E-state index contributed by atoms with van der Waals surface area (Å²) in [5.41, 5.74) is 5.32. The number of fused-ring (bicyclic) bond motifs is 3. The van der Waals surface area contributed by atoms with Crippen LogP contribution >= 0.6 is 11.3 Å². The normalized spacial score (nSPS) is 13.5. The van der Waals surface area contributed by atoms with E-state index in [-0.39, 0.29) is 5.91 Å². The fraction of sp³-hybridized carbons (Fsp3) is 0.160. The highest BCUT2D eigenvalue weighted by atomic mass is 32.1. The fourth-order valence-electron chi connectivity index (χ4n) is 3.88. The van der Waals surface area contributed by atoms with E-state index < -0.39 is 0 Å². The zero-order chi connectivity index (χ0) is 21.5. The maximum atomic E-state index is 12.3. The van der Waals surface area contributed by atoms with Crippen molar-refractivity contribution in [1.82, 2.24) is 19.7 Å². The summed E-state index contributed by atoms with van der Waals surface area (Å²) >= 11 is 1.71. The molecule has 3 aromatic heterocycles. The van der Waals surface area contributed by atoms with Crippen LogP contribution in [0, 0.1) is 0 Å². The molecule has 7 heteroatoms. The van der Waals surface area contributed by atoms with Gasteiger partial charge in [0.1, 0.15) is 0 Å². The highest BCUT2D eigenvalue weighted by Crippen LogP contribution is 2.29. The number of nitrogens with one attached hydrogen (secondary N) is 2. The lowest BCUT2D eigenvalue weighted by Crippen LogP contribution is -2.25. The summed E-state index contributed by atoms with van der Waals surface area (Å²) in [5.74, 6) is 0.746. The number of anilines is 1. The first-order chi connectivity index (χ1) is 15.8. The first-order valence-corrected chi connectivity index (χ1v) is 11.6. The Kier molecular flexibility index (Phi) is 4.61. The second kappa shape index (κ2) is 7.76. The number of imidazole rings is 1. The molecule has 1 saturated carbocycles. The van der Waals surface area contributed by atoms with Crippen LogP contribution in [0.15, 0.2) is 72.2 Å². The molecule has 6 nitrogen and oxygen atoms in total. The van der Waals surface area contributed by atoms with Crippen LogP contribution in [0.5, 0.6) is 0 Å². The van der Waals surface area contributed by atoms with Gasteiger partial charge in [-0.25, -0.2) is 9.97 Å². The molecule has 0 spiro atoms. The SMILES string of the molecule is O=C(NC1CC1)c1ccc(-c2cnc3c(NCc4cccs4)nc4ccccc4n23)cc1. The molecule has 0 unspecified atom stereocenters. The maximum absolute atomic E-state index is 12.3. The van der Waals surface area contributed by atoms with Gasteiger partial charge in [-0.3, -0.25) is 9.20 Å². The van der Waals surface area contributed by atoms with E-state index in [0.717, 1.165) is 46.6 Å². The van der Waals surface area contributed by atoms with Crippen molar-refractivity contribution >= 4 is 39.7 Å². The molecule has 1 aliphatic rings. The Hall–Kier alpha value is -3.71. The van der Waals surface area contributed by atoms with Crippen molar-refractivity contribution in [2.45, 2.75) is 25.4 Å². The van der Waals surface area contributed by atoms with Crippen molar-refractivity contribution in [1.29, 1.82) is 0 Å². The topological polar surface area (TPSA) is 71.3 Å². The monoisotopic (exact) mass is 439 g/mol. The van der Waals surface area contributed by atoms with Gasteiger partial charge >= 0.3 is 0 Å². The second-order valence-corrected chi connectivity index (χ2v) is 9.04. The minimum Gasteiger partial charge on any atom is -0.362 e. The number of carbonyl (C=O) groups is 1. The lowest BCUT2D eigenvalue weighted by molar-refractivity contribution is 0.0951. The number of hydrogen-bond donors (Lipinski definition) is 2. The molecule has 3 heterocycles. The predicted molar refractivity (Wildman–Crippen MR) is 128 cm³/mol. The van der Waals surface area contributed by atoms with Crippen LogP contribution in [-0.4, -0.2) is 26.3 Å². The number of hydrogen-bond acceptors (Lipinski definition) is 5. The Bertz CT molecular complexity index is 1420. The van der Waals surface area contributed by atoms with E-state index in [2.05, 4.69) is 32.5 Å². The van der Waals surface area contributed by atoms with Crippen molar-refractivity contribution in [2.75, 3.05) is 5.32 Å². The maximum Gasteiger partial charge on any atom is 0.251 e. The van der Waals surface area contributed by atoms with Crippen LogP contribution in [0.3, 0.4) is 0 Å². The Morgan fingerprint density at radius 2 is 1.91 bits per heavy atom. The van der Waals surface area contributed by atoms with E-state index in [9.17, 15) is 4.79 Å². The van der Waals surface area contributed by atoms with Crippen molar-refractivity contribution < 1.29 is 4.79 Å². The standard InChI is InChI=1S/C25H21N5OS/c31-25(28-18-11-12-18)17-9-7-16(8-10-17)22-15-27-24-23(26-14-19-4-3-13-32-19)29-20-5-1-2-6-21(20)30(22)24/h1-10,13,15,18H,11-12,14H2,(H,26,29)(H,28,31). The zero-order valence-electron chi connectivity index (χ0n) is 17.3. The molecule has 0 radical (unpaired) electrons. The highest BCUT2D eigenvalue weighted by molar-refractivity contribution is 7.09. The summed E-state index contributed by atoms with van der Waals surface area (Å²) in [4.78, 5) is 23.1. The minimum absolute atomic E-state index is 0.00750. The predicted octanol–water partition coefficient (Wildman–Crippen LogP) is 5.12. The average Bonchev–Trinajstić information content (AvgIpc) is 3.30. The van der Waals surface area contributed by atoms with Crippen molar-refractivity contribution in [3.05, 3.63) is 82.7 Å². The molecule has 32 heavy (non-hydrogen) atoms. The van der Waals surface area contributed by atoms with Crippen LogP contribution in [0.25, 0.3) is 27.9 Å². The number of rotatable bonds is 6. The number of carbonyl (C=O) groups excluding carboxylic acids is 1. The van der Waals surface area contributed by atoms with Crippen molar-refractivity contribution in [2.24, 2.45) is 0 Å². The van der Waals surface area contributed by atoms with E-state index >= 15 is 0 Å². The fourth-order valence-corrected chi connectivity index (χ4v) is 4.52. The van der Waals surface area contributed by atoms with Gasteiger partial charge in [0.2, 0.25) is 0 Å². The molecule has 6 rings (SSSR count). The van der Waals surface area contributed by atoms with E-state index in [0.29, 0.717) is 18.2 Å². The van der Waals surface area contributed by atoms with Gasteiger partial charge in [0.25, 0.3) is 5.91 Å². The molecule has 158 valence electrons. The molecule has 1 amide bonds. The lowest BCUT2D eigenvalue weighted by atomic mass is 10.1. The Morgan fingerprint density at radius 3 is 2.69 bits per heavy atom. The summed E-state index contributed by atoms with van der Waals surface area (Å²) in [6, 6.07) is 20.3. The van der Waals surface area contributed by atoms with E-state index in [4.69, 9.17) is 9.97 Å². The molecule has 2 N–H and O–H groups in total. The van der Waals surface area contributed by atoms with E-state index in [1.807, 2.05) is 54.7 Å². The van der Waals surface area contributed by atoms with Crippen LogP contribution in [0.1, 0.15) is 28.1 Å². The average molecular weight is 440 g/mol. The quantitative estimate of drug-likeness (QED) is 0.385. The van der Waals surface area contributed by atoms with Gasteiger partial charge in [-0.15, -0.1) is 11.3 Å². The van der Waals surface area contributed by atoms with Crippen LogP contribution in [-0.2, 0) is 6.54 Å². The van der Waals surface area contributed by atoms with Crippen LogP contribution < -0.4 is 10.6 Å². The minimum atomic E-state index is -0.00750. The van der Waals surface area contributed by atoms with Crippen LogP contribution in [0.2, 0.25) is 0 Å². The first-order valence-electron chi connectivity index (χ1n) is 10.7. The molecule has 0 saturated heterocycles. The number of nitrogens with zero attached hydrogens (tertiary/aromatic N) is 3. The van der Waals surface area contributed by atoms with Gasteiger partial charge in [-0.2, -0.15) is 0 Å². The number of para-hydroxylation sites is 2. The van der Waals surface area contributed by atoms with Crippen molar-refractivity contribution in [3.63, 3.8) is 0 Å². The molecule has 0 bridgehead atoms. The third kappa shape index (κ3) is 3.50. The highest BCUT2D eigenvalue weighted by Gasteiger charge is 2.23. The summed E-state index contributed by atoms with van der Waals surface area (Å²) in [5, 5.41) is 8.57. The summed E-state index contributed by atoms with van der Waals surface area (Å²) in [6.07, 6.45) is 4.03. The van der Waals surface area contributed by atoms with Gasteiger partial charge in [0.05, 0.1) is 29.5 Å². The van der Waals surface area contributed by atoms with Gasteiger partial charge in [0.15, 0.2) is 11.5 Å². The molecular weight excluding hydrogens is 418 g/mol. The molecule has 1 aliphatic carbocycles. The largest absolute Gasteiger partial charge is 0.362 e. The lowest BCUT2D eigenvalue weighted by Gasteiger charge is -2.11. The molecular formula is C25H21N5OS. The first kappa shape index (κ1) is 19.0. The summed E-state index contributed by atoms with van der Waals surface area (Å²) in [6.45, 7) is 0.700. The molecule has 0 atom stereocenters. The zero-order valence-corrected chi connectivity index (χ0v) is 18.1. The Labute approximate surface area is 189 Å². The van der Waals surface area contributed by atoms with Gasteiger partial charge in [-0.1, -0.05) is 30.3 Å². The van der Waals surface area contributed by atoms with Gasteiger partial charge in [0, 0.05) is 22.0 Å². The third-order valence-electron chi connectivity index (χ3n) is 5.69. The van der Waals surface area contributed by atoms with Crippen molar-refractivity contribution in [3.8, 4) is 11.3 Å². The Morgan fingerprint density at radius 1 is 1.06 bits per heavy atom. The third-order valence-corrected chi connectivity index (χ3v) is 6.57. The molecule has 1 fully saturated rings. The molecule has 0 aliphatic heterocycles. The summed E-state index contributed by atoms with van der Waals surface area (Å²) < 4.78 is 2.14. The van der Waals surface area contributed by atoms with E-state index in [1.165, 1.54) is 4.88 Å². The smallest absolute Gasteiger partial charge is 0.251 e. The van der Waals surface area contributed by atoms with Gasteiger partial charge < -0.3 is 10.6 Å². The number of aromatic nitrogens is 3.